The molecule has 1 saturated carbocycles. The van der Waals surface area contributed by atoms with Gasteiger partial charge in [-0.3, -0.25) is 4.90 Å². The van der Waals surface area contributed by atoms with E-state index in [4.69, 9.17) is 5.73 Å². The maximum atomic E-state index is 6.29. The fourth-order valence-corrected chi connectivity index (χ4v) is 4.43. The topological polar surface area (TPSA) is 29.3 Å². The minimum absolute atomic E-state index is 0.322. The van der Waals surface area contributed by atoms with Gasteiger partial charge in [0.2, 0.25) is 0 Å². The molecule has 2 N–H and O–H groups in total. The zero-order valence-electron chi connectivity index (χ0n) is 14.3. The summed E-state index contributed by atoms with van der Waals surface area (Å²) in [5.41, 5.74) is 7.19. The lowest BCUT2D eigenvalue weighted by Gasteiger charge is -2.53. The molecule has 2 atom stereocenters. The standard InChI is InChI=1S/C18H36N2/c1-5-17(4)9-11-20(12-10-17)18(14-19)8-6-7-16(13-18)15(2)3/h15-16H,5-14,19H2,1-4H3. The van der Waals surface area contributed by atoms with E-state index in [-0.39, 0.29) is 0 Å². The van der Waals surface area contributed by atoms with E-state index in [9.17, 15) is 0 Å². The van der Waals surface area contributed by atoms with E-state index >= 15 is 0 Å². The van der Waals surface area contributed by atoms with Crippen molar-refractivity contribution in [2.75, 3.05) is 19.6 Å². The summed E-state index contributed by atoms with van der Waals surface area (Å²) >= 11 is 0. The van der Waals surface area contributed by atoms with Crippen LogP contribution in [0.25, 0.3) is 0 Å². The van der Waals surface area contributed by atoms with E-state index in [0.29, 0.717) is 11.0 Å². The summed E-state index contributed by atoms with van der Waals surface area (Å²) < 4.78 is 0. The molecule has 0 radical (unpaired) electrons. The van der Waals surface area contributed by atoms with Gasteiger partial charge in [-0.15, -0.1) is 0 Å². The monoisotopic (exact) mass is 280 g/mol. The zero-order chi connectivity index (χ0) is 14.8. The lowest BCUT2D eigenvalue weighted by Crippen LogP contribution is -2.59. The molecule has 2 aliphatic rings. The number of hydrogen-bond acceptors (Lipinski definition) is 2. The Labute approximate surface area is 126 Å². The molecular formula is C18H36N2. The highest BCUT2D eigenvalue weighted by atomic mass is 15.2. The van der Waals surface area contributed by atoms with Crippen molar-refractivity contribution in [3.63, 3.8) is 0 Å². The van der Waals surface area contributed by atoms with Crippen LogP contribution < -0.4 is 5.73 Å². The van der Waals surface area contributed by atoms with E-state index < -0.39 is 0 Å². The largest absolute Gasteiger partial charge is 0.329 e. The van der Waals surface area contributed by atoms with Gasteiger partial charge in [0, 0.05) is 12.1 Å². The second kappa shape index (κ2) is 6.36. The molecule has 0 bridgehead atoms. The van der Waals surface area contributed by atoms with E-state index in [1.807, 2.05) is 0 Å². The normalized spacial score (nSPS) is 35.4. The molecule has 1 aliphatic carbocycles. The Hall–Kier alpha value is -0.0800. The maximum Gasteiger partial charge on any atom is 0.0334 e. The average Bonchev–Trinajstić information content (AvgIpc) is 2.48. The van der Waals surface area contributed by atoms with Gasteiger partial charge in [0.05, 0.1) is 0 Å². The molecule has 1 heterocycles. The minimum atomic E-state index is 0.322. The van der Waals surface area contributed by atoms with Gasteiger partial charge >= 0.3 is 0 Å². The predicted octanol–water partition coefficient (Wildman–Crippen LogP) is 4.04. The summed E-state index contributed by atoms with van der Waals surface area (Å²) in [6, 6.07) is 0. The van der Waals surface area contributed by atoms with Gasteiger partial charge in [0.1, 0.15) is 0 Å². The Kier molecular flexibility index (Phi) is 5.18. The van der Waals surface area contributed by atoms with Gasteiger partial charge in [-0.2, -0.15) is 0 Å². The number of piperidine rings is 1. The number of nitrogens with two attached hydrogens (primary N) is 1. The Bertz CT molecular complexity index is 305. The lowest BCUT2D eigenvalue weighted by atomic mass is 9.69. The van der Waals surface area contributed by atoms with Crippen molar-refractivity contribution in [3.05, 3.63) is 0 Å². The summed E-state index contributed by atoms with van der Waals surface area (Å²) in [6.07, 6.45) is 9.50. The van der Waals surface area contributed by atoms with Crippen LogP contribution in [-0.2, 0) is 0 Å². The summed E-state index contributed by atoms with van der Waals surface area (Å²) in [4.78, 5) is 2.78. The van der Waals surface area contributed by atoms with Crippen molar-refractivity contribution in [1.29, 1.82) is 0 Å². The molecule has 2 heteroatoms. The third-order valence-corrected chi connectivity index (χ3v) is 6.68. The van der Waals surface area contributed by atoms with E-state index in [2.05, 4.69) is 32.6 Å². The third kappa shape index (κ3) is 3.22. The van der Waals surface area contributed by atoms with Crippen LogP contribution >= 0.6 is 0 Å². The van der Waals surface area contributed by atoms with E-state index in [0.717, 1.165) is 18.4 Å². The van der Waals surface area contributed by atoms with Crippen LogP contribution in [0.15, 0.2) is 0 Å². The third-order valence-electron chi connectivity index (χ3n) is 6.68. The number of nitrogens with zero attached hydrogens (tertiary/aromatic N) is 1. The van der Waals surface area contributed by atoms with Crippen molar-refractivity contribution >= 4 is 0 Å². The van der Waals surface area contributed by atoms with Gasteiger partial charge in [0.25, 0.3) is 0 Å². The molecule has 0 spiro atoms. The second-order valence-electron chi connectivity index (χ2n) is 8.18. The Morgan fingerprint density at radius 2 is 1.85 bits per heavy atom. The summed E-state index contributed by atoms with van der Waals surface area (Å²) in [5.74, 6) is 1.69. The first kappa shape index (κ1) is 16.3. The molecule has 20 heavy (non-hydrogen) atoms. The number of likely N-dealkylation sites (tertiary alicyclic amines) is 1. The molecule has 2 nitrogen and oxygen atoms in total. The van der Waals surface area contributed by atoms with Crippen molar-refractivity contribution in [1.82, 2.24) is 4.90 Å². The Balaban J connectivity index is 2.04. The zero-order valence-corrected chi connectivity index (χ0v) is 14.3. The fourth-order valence-electron chi connectivity index (χ4n) is 4.43. The first-order valence-electron chi connectivity index (χ1n) is 8.90. The first-order chi connectivity index (χ1) is 9.45. The molecule has 2 fully saturated rings. The molecule has 2 unspecified atom stereocenters. The van der Waals surface area contributed by atoms with Crippen LogP contribution in [0, 0.1) is 17.3 Å². The van der Waals surface area contributed by atoms with Crippen molar-refractivity contribution in [2.45, 2.75) is 78.2 Å². The second-order valence-corrected chi connectivity index (χ2v) is 8.18. The SMILES string of the molecule is CCC1(C)CCN(C2(CN)CCCC(C(C)C)C2)CC1. The summed E-state index contributed by atoms with van der Waals surface area (Å²) in [6.45, 7) is 13.0. The van der Waals surface area contributed by atoms with Crippen LogP contribution in [0.2, 0.25) is 0 Å². The fraction of sp³-hybridized carbons (Fsp3) is 1.00. The lowest BCUT2D eigenvalue weighted by molar-refractivity contribution is -0.0155. The van der Waals surface area contributed by atoms with E-state index in [1.54, 1.807) is 0 Å². The molecular weight excluding hydrogens is 244 g/mol. The number of rotatable bonds is 4. The quantitative estimate of drug-likeness (QED) is 0.842. The Morgan fingerprint density at radius 1 is 1.20 bits per heavy atom. The highest BCUT2D eigenvalue weighted by molar-refractivity contribution is 4.99. The molecule has 0 aromatic heterocycles. The predicted molar refractivity (Wildman–Crippen MR) is 87.8 cm³/mol. The van der Waals surface area contributed by atoms with E-state index in [1.165, 1.54) is 58.0 Å². The molecule has 1 saturated heterocycles. The molecule has 0 aromatic carbocycles. The summed E-state index contributed by atoms with van der Waals surface area (Å²) in [7, 11) is 0. The highest BCUT2D eigenvalue weighted by Gasteiger charge is 2.43. The van der Waals surface area contributed by atoms with Crippen molar-refractivity contribution in [3.8, 4) is 0 Å². The van der Waals surface area contributed by atoms with Crippen LogP contribution in [0.4, 0.5) is 0 Å². The molecule has 1 aliphatic heterocycles. The van der Waals surface area contributed by atoms with Crippen LogP contribution in [-0.4, -0.2) is 30.1 Å². The smallest absolute Gasteiger partial charge is 0.0334 e. The molecule has 118 valence electrons. The highest BCUT2D eigenvalue weighted by Crippen LogP contribution is 2.43. The number of hydrogen-bond donors (Lipinski definition) is 1. The van der Waals surface area contributed by atoms with Crippen LogP contribution in [0.3, 0.4) is 0 Å². The maximum absolute atomic E-state index is 6.29. The first-order valence-corrected chi connectivity index (χ1v) is 8.90. The Morgan fingerprint density at radius 3 is 2.35 bits per heavy atom. The molecule has 0 amide bonds. The van der Waals surface area contributed by atoms with Gasteiger partial charge in [0.15, 0.2) is 0 Å². The van der Waals surface area contributed by atoms with Crippen LogP contribution in [0.1, 0.15) is 72.6 Å². The van der Waals surface area contributed by atoms with Gasteiger partial charge in [-0.25, -0.2) is 0 Å². The van der Waals surface area contributed by atoms with Gasteiger partial charge in [-0.1, -0.05) is 47.0 Å². The molecule has 2 rings (SSSR count). The average molecular weight is 280 g/mol. The minimum Gasteiger partial charge on any atom is -0.329 e. The van der Waals surface area contributed by atoms with Crippen LogP contribution in [0.5, 0.6) is 0 Å². The summed E-state index contributed by atoms with van der Waals surface area (Å²) in [5, 5.41) is 0. The van der Waals surface area contributed by atoms with Gasteiger partial charge < -0.3 is 5.73 Å². The molecule has 0 aromatic rings. The van der Waals surface area contributed by atoms with Gasteiger partial charge in [-0.05, 0) is 56.0 Å². The van der Waals surface area contributed by atoms with Crippen molar-refractivity contribution < 1.29 is 0 Å². The van der Waals surface area contributed by atoms with Crippen molar-refractivity contribution in [2.24, 2.45) is 23.0 Å².